The Kier molecular flexibility index (Phi) is 4.08. The minimum Gasteiger partial charge on any atom is -0.389 e. The van der Waals surface area contributed by atoms with E-state index in [0.717, 1.165) is 42.9 Å². The lowest BCUT2D eigenvalue weighted by molar-refractivity contribution is 0.0263. The average molecular weight is 254 g/mol. The van der Waals surface area contributed by atoms with Gasteiger partial charge >= 0.3 is 0 Å². The molecule has 94 valence electrons. The van der Waals surface area contributed by atoms with Crippen molar-refractivity contribution >= 4 is 11.6 Å². The Morgan fingerprint density at radius 1 is 1.35 bits per heavy atom. The Hall–Kier alpha value is -0.570. The van der Waals surface area contributed by atoms with Crippen LogP contribution in [0.2, 0.25) is 5.02 Å². The van der Waals surface area contributed by atoms with E-state index in [4.69, 9.17) is 11.6 Å². The second-order valence-electron chi connectivity index (χ2n) is 5.19. The summed E-state index contributed by atoms with van der Waals surface area (Å²) in [4.78, 5) is 2.29. The quantitative estimate of drug-likeness (QED) is 0.876. The summed E-state index contributed by atoms with van der Waals surface area (Å²) < 4.78 is 0. The summed E-state index contributed by atoms with van der Waals surface area (Å²) in [6.45, 7) is 2.05. The van der Waals surface area contributed by atoms with Crippen molar-refractivity contribution in [3.05, 3.63) is 34.9 Å². The second kappa shape index (κ2) is 5.38. The zero-order valence-electron chi connectivity index (χ0n) is 10.3. The summed E-state index contributed by atoms with van der Waals surface area (Å²) in [6.07, 6.45) is 3.49. The van der Waals surface area contributed by atoms with Crippen molar-refractivity contribution in [2.75, 3.05) is 20.1 Å². The van der Waals surface area contributed by atoms with Crippen molar-refractivity contribution in [2.45, 2.75) is 31.3 Å². The lowest BCUT2D eigenvalue weighted by Gasteiger charge is -2.26. The summed E-state index contributed by atoms with van der Waals surface area (Å²) in [6, 6.07) is 7.81. The molecule has 2 nitrogen and oxygen atoms in total. The Balaban J connectivity index is 2.06. The SMILES string of the molecule is CN1CCCC(O)(Cc2cccc(Cl)c2)CC1. The molecule has 2 rings (SSSR count). The highest BCUT2D eigenvalue weighted by Crippen LogP contribution is 2.26. The lowest BCUT2D eigenvalue weighted by Crippen LogP contribution is -2.32. The van der Waals surface area contributed by atoms with Crippen LogP contribution in [-0.4, -0.2) is 35.7 Å². The highest BCUT2D eigenvalue weighted by molar-refractivity contribution is 6.30. The molecule has 0 amide bonds. The third-order valence-corrected chi connectivity index (χ3v) is 3.80. The number of halogens is 1. The van der Waals surface area contributed by atoms with E-state index < -0.39 is 5.60 Å². The monoisotopic (exact) mass is 253 g/mol. The van der Waals surface area contributed by atoms with E-state index in [1.54, 1.807) is 0 Å². The molecule has 1 unspecified atom stereocenters. The van der Waals surface area contributed by atoms with Crippen molar-refractivity contribution in [3.63, 3.8) is 0 Å². The molecule has 17 heavy (non-hydrogen) atoms. The molecule has 1 fully saturated rings. The summed E-state index contributed by atoms with van der Waals surface area (Å²) in [5.41, 5.74) is 0.569. The van der Waals surface area contributed by atoms with Crippen LogP contribution in [0.3, 0.4) is 0 Å². The Morgan fingerprint density at radius 3 is 2.94 bits per heavy atom. The van der Waals surface area contributed by atoms with Gasteiger partial charge in [0.15, 0.2) is 0 Å². The van der Waals surface area contributed by atoms with Gasteiger partial charge in [-0.3, -0.25) is 0 Å². The van der Waals surface area contributed by atoms with Gasteiger partial charge in [-0.2, -0.15) is 0 Å². The van der Waals surface area contributed by atoms with Crippen LogP contribution in [-0.2, 0) is 6.42 Å². The fourth-order valence-corrected chi connectivity index (χ4v) is 2.73. The number of benzene rings is 1. The van der Waals surface area contributed by atoms with Gasteiger partial charge in [-0.1, -0.05) is 23.7 Å². The van der Waals surface area contributed by atoms with Crippen molar-refractivity contribution in [2.24, 2.45) is 0 Å². The largest absolute Gasteiger partial charge is 0.389 e. The minimum atomic E-state index is -0.560. The molecule has 1 heterocycles. The van der Waals surface area contributed by atoms with Crippen LogP contribution >= 0.6 is 11.6 Å². The first-order chi connectivity index (χ1) is 8.07. The van der Waals surface area contributed by atoms with Crippen LogP contribution in [0.5, 0.6) is 0 Å². The van der Waals surface area contributed by atoms with E-state index >= 15 is 0 Å². The van der Waals surface area contributed by atoms with Gasteiger partial charge in [0.05, 0.1) is 5.60 Å². The molecule has 1 atom stereocenters. The third-order valence-electron chi connectivity index (χ3n) is 3.56. The van der Waals surface area contributed by atoms with Crippen LogP contribution in [0, 0.1) is 0 Å². The van der Waals surface area contributed by atoms with Crippen molar-refractivity contribution in [1.29, 1.82) is 0 Å². The molecule has 1 N–H and O–H groups in total. The van der Waals surface area contributed by atoms with Crippen LogP contribution < -0.4 is 0 Å². The molecule has 0 aliphatic carbocycles. The molecule has 0 radical (unpaired) electrons. The van der Waals surface area contributed by atoms with Crippen molar-refractivity contribution in [3.8, 4) is 0 Å². The molecular formula is C14H20ClNO. The number of aliphatic hydroxyl groups is 1. The van der Waals surface area contributed by atoms with Gasteiger partial charge in [-0.15, -0.1) is 0 Å². The average Bonchev–Trinajstić information content (AvgIpc) is 2.41. The molecule has 0 spiro atoms. The van der Waals surface area contributed by atoms with Gasteiger partial charge < -0.3 is 10.0 Å². The molecule has 1 saturated heterocycles. The molecule has 1 aromatic rings. The standard InChI is InChI=1S/C14H20ClNO/c1-16-8-3-6-14(17,7-9-16)11-12-4-2-5-13(15)10-12/h2,4-5,10,17H,3,6-9,11H2,1H3. The number of rotatable bonds is 2. The Morgan fingerprint density at radius 2 is 2.18 bits per heavy atom. The topological polar surface area (TPSA) is 23.5 Å². The molecule has 3 heteroatoms. The molecule has 1 aliphatic heterocycles. The summed E-state index contributed by atoms with van der Waals surface area (Å²) in [5.74, 6) is 0. The summed E-state index contributed by atoms with van der Waals surface area (Å²) in [7, 11) is 2.12. The first kappa shape index (κ1) is 12.9. The van der Waals surface area contributed by atoms with Crippen LogP contribution in [0.4, 0.5) is 0 Å². The zero-order valence-corrected chi connectivity index (χ0v) is 11.1. The van der Waals surface area contributed by atoms with Gasteiger partial charge in [0, 0.05) is 18.0 Å². The Bertz CT molecular complexity index is 382. The number of hydrogen-bond acceptors (Lipinski definition) is 2. The van der Waals surface area contributed by atoms with Gasteiger partial charge in [0.25, 0.3) is 0 Å². The molecule has 0 saturated carbocycles. The highest BCUT2D eigenvalue weighted by Gasteiger charge is 2.29. The third kappa shape index (κ3) is 3.70. The molecule has 0 bridgehead atoms. The normalized spacial score (nSPS) is 26.8. The molecule has 0 aromatic heterocycles. The maximum Gasteiger partial charge on any atom is 0.0700 e. The second-order valence-corrected chi connectivity index (χ2v) is 5.62. The first-order valence-electron chi connectivity index (χ1n) is 6.23. The van der Waals surface area contributed by atoms with E-state index in [9.17, 15) is 5.11 Å². The number of nitrogens with zero attached hydrogens (tertiary/aromatic N) is 1. The van der Waals surface area contributed by atoms with Crippen LogP contribution in [0.25, 0.3) is 0 Å². The smallest absolute Gasteiger partial charge is 0.0700 e. The van der Waals surface area contributed by atoms with Gasteiger partial charge in [-0.05, 0) is 50.6 Å². The van der Waals surface area contributed by atoms with Crippen molar-refractivity contribution < 1.29 is 5.11 Å². The number of hydrogen-bond donors (Lipinski definition) is 1. The van der Waals surface area contributed by atoms with Crippen LogP contribution in [0.15, 0.2) is 24.3 Å². The maximum atomic E-state index is 10.6. The predicted octanol–water partition coefficient (Wildman–Crippen LogP) is 2.73. The van der Waals surface area contributed by atoms with Gasteiger partial charge in [0.2, 0.25) is 0 Å². The Labute approximate surface area is 108 Å². The zero-order chi connectivity index (χ0) is 12.3. The van der Waals surface area contributed by atoms with Gasteiger partial charge in [-0.25, -0.2) is 0 Å². The highest BCUT2D eigenvalue weighted by atomic mass is 35.5. The molecule has 1 aromatic carbocycles. The number of likely N-dealkylation sites (tertiary alicyclic amines) is 1. The molecular weight excluding hydrogens is 234 g/mol. The van der Waals surface area contributed by atoms with E-state index in [1.165, 1.54) is 0 Å². The fourth-order valence-electron chi connectivity index (χ4n) is 2.52. The maximum absolute atomic E-state index is 10.6. The van der Waals surface area contributed by atoms with E-state index in [0.29, 0.717) is 6.42 Å². The summed E-state index contributed by atoms with van der Waals surface area (Å²) >= 11 is 5.97. The van der Waals surface area contributed by atoms with Crippen molar-refractivity contribution in [1.82, 2.24) is 4.90 Å². The first-order valence-corrected chi connectivity index (χ1v) is 6.61. The fraction of sp³-hybridized carbons (Fsp3) is 0.571. The van der Waals surface area contributed by atoms with Gasteiger partial charge in [0.1, 0.15) is 0 Å². The van der Waals surface area contributed by atoms with Crippen LogP contribution in [0.1, 0.15) is 24.8 Å². The van der Waals surface area contributed by atoms with E-state index in [2.05, 4.69) is 11.9 Å². The van der Waals surface area contributed by atoms with E-state index in [-0.39, 0.29) is 0 Å². The van der Waals surface area contributed by atoms with E-state index in [1.807, 2.05) is 24.3 Å². The lowest BCUT2D eigenvalue weighted by atomic mass is 9.88. The molecule has 1 aliphatic rings. The minimum absolute atomic E-state index is 0.560. The summed E-state index contributed by atoms with van der Waals surface area (Å²) in [5, 5.41) is 11.4. The predicted molar refractivity (Wildman–Crippen MR) is 71.5 cm³/mol.